The van der Waals surface area contributed by atoms with Crippen LogP contribution in [0.15, 0.2) is 18.2 Å². The molecule has 14 heavy (non-hydrogen) atoms. The van der Waals surface area contributed by atoms with Crippen LogP contribution in [0.4, 0.5) is 0 Å². The Balaban J connectivity index is 2.31. The molecule has 1 fully saturated rings. The maximum absolute atomic E-state index is 5.70. The third-order valence-corrected chi connectivity index (χ3v) is 2.81. The van der Waals surface area contributed by atoms with Gasteiger partial charge in [-0.05, 0) is 32.0 Å². The van der Waals surface area contributed by atoms with Crippen LogP contribution in [-0.4, -0.2) is 25.1 Å². The molecule has 0 bridgehead atoms. The molecule has 0 aromatic heterocycles. The first-order valence-corrected chi connectivity index (χ1v) is 5.07. The number of aryl methyl sites for hydroxylation is 2. The fourth-order valence-corrected chi connectivity index (χ4v) is 1.98. The van der Waals surface area contributed by atoms with E-state index in [1.165, 1.54) is 16.7 Å². The van der Waals surface area contributed by atoms with Crippen LogP contribution in [0.25, 0.3) is 0 Å². The van der Waals surface area contributed by atoms with Gasteiger partial charge in [0.1, 0.15) is 6.23 Å². The first kappa shape index (κ1) is 9.69. The first-order valence-electron chi connectivity index (χ1n) is 5.07. The molecule has 0 amide bonds. The molecule has 2 heteroatoms. The largest absolute Gasteiger partial charge is 0.358 e. The normalized spacial score (nSPS) is 22.9. The monoisotopic (exact) mass is 191 g/mol. The van der Waals surface area contributed by atoms with E-state index in [1.807, 2.05) is 0 Å². The van der Waals surface area contributed by atoms with Gasteiger partial charge in [0.2, 0.25) is 0 Å². The zero-order chi connectivity index (χ0) is 10.1. The van der Waals surface area contributed by atoms with E-state index in [2.05, 4.69) is 44.0 Å². The van der Waals surface area contributed by atoms with E-state index >= 15 is 0 Å². The fourth-order valence-electron chi connectivity index (χ4n) is 1.98. The van der Waals surface area contributed by atoms with E-state index in [-0.39, 0.29) is 6.23 Å². The number of nitrogens with zero attached hydrogens (tertiary/aromatic N) is 1. The second-order valence-corrected chi connectivity index (χ2v) is 4.06. The van der Waals surface area contributed by atoms with Gasteiger partial charge in [0.05, 0.1) is 6.61 Å². The number of hydrogen-bond donors (Lipinski definition) is 0. The highest BCUT2D eigenvalue weighted by Crippen LogP contribution is 2.27. The Labute approximate surface area is 85.5 Å². The van der Waals surface area contributed by atoms with Crippen LogP contribution < -0.4 is 0 Å². The molecule has 0 saturated carbocycles. The molecule has 1 saturated heterocycles. The number of ether oxygens (including phenoxy) is 1. The second-order valence-electron chi connectivity index (χ2n) is 4.06. The molecule has 1 unspecified atom stereocenters. The summed E-state index contributed by atoms with van der Waals surface area (Å²) in [5.74, 6) is 0. The van der Waals surface area contributed by atoms with E-state index in [4.69, 9.17) is 4.74 Å². The molecule has 0 spiro atoms. The smallest absolute Gasteiger partial charge is 0.136 e. The van der Waals surface area contributed by atoms with E-state index in [1.54, 1.807) is 0 Å². The van der Waals surface area contributed by atoms with Gasteiger partial charge in [0, 0.05) is 6.54 Å². The van der Waals surface area contributed by atoms with Crippen LogP contribution >= 0.6 is 0 Å². The molecule has 1 heterocycles. The van der Waals surface area contributed by atoms with Crippen molar-refractivity contribution in [2.45, 2.75) is 20.1 Å². The molecule has 76 valence electrons. The Kier molecular flexibility index (Phi) is 2.57. The van der Waals surface area contributed by atoms with Gasteiger partial charge in [-0.3, -0.25) is 4.90 Å². The Bertz CT molecular complexity index is 335. The summed E-state index contributed by atoms with van der Waals surface area (Å²) in [5, 5.41) is 0. The molecule has 2 nitrogen and oxygen atoms in total. The summed E-state index contributed by atoms with van der Waals surface area (Å²) in [6, 6.07) is 6.54. The maximum atomic E-state index is 5.70. The molecule has 1 aliphatic rings. The predicted molar refractivity (Wildman–Crippen MR) is 57.2 cm³/mol. The van der Waals surface area contributed by atoms with Crippen molar-refractivity contribution >= 4 is 0 Å². The average molecular weight is 191 g/mol. The van der Waals surface area contributed by atoms with Crippen LogP contribution in [0.5, 0.6) is 0 Å². The van der Waals surface area contributed by atoms with Crippen molar-refractivity contribution in [1.29, 1.82) is 0 Å². The van der Waals surface area contributed by atoms with Crippen molar-refractivity contribution in [3.63, 3.8) is 0 Å². The topological polar surface area (TPSA) is 12.5 Å². The zero-order valence-corrected chi connectivity index (χ0v) is 9.08. The van der Waals surface area contributed by atoms with Gasteiger partial charge in [0.25, 0.3) is 0 Å². The molecule has 1 aromatic carbocycles. The van der Waals surface area contributed by atoms with Crippen molar-refractivity contribution in [3.05, 3.63) is 34.9 Å². The van der Waals surface area contributed by atoms with Crippen molar-refractivity contribution in [2.75, 3.05) is 20.2 Å². The molecule has 0 aliphatic carbocycles. The lowest BCUT2D eigenvalue weighted by molar-refractivity contribution is 0.0448. The molecule has 0 radical (unpaired) electrons. The molecule has 0 N–H and O–H groups in total. The summed E-state index contributed by atoms with van der Waals surface area (Å²) in [6.45, 7) is 6.14. The average Bonchev–Trinajstić information content (AvgIpc) is 2.52. The molecule has 1 aromatic rings. The third kappa shape index (κ3) is 1.68. The SMILES string of the molecule is Cc1ccc(C2OCCN2C)c(C)c1. The minimum atomic E-state index is 0.163. The Hall–Kier alpha value is -0.860. The molecular weight excluding hydrogens is 174 g/mol. The van der Waals surface area contributed by atoms with Gasteiger partial charge in [-0.1, -0.05) is 23.8 Å². The lowest BCUT2D eigenvalue weighted by Crippen LogP contribution is -2.19. The minimum Gasteiger partial charge on any atom is -0.358 e. The summed E-state index contributed by atoms with van der Waals surface area (Å²) in [5.41, 5.74) is 3.94. The maximum Gasteiger partial charge on any atom is 0.136 e. The number of likely N-dealkylation sites (N-methyl/N-ethyl adjacent to an activating group) is 1. The Morgan fingerprint density at radius 2 is 2.14 bits per heavy atom. The van der Waals surface area contributed by atoms with Crippen LogP contribution in [0, 0.1) is 13.8 Å². The summed E-state index contributed by atoms with van der Waals surface area (Å²) in [4.78, 5) is 2.25. The predicted octanol–water partition coefficient (Wildman–Crippen LogP) is 2.26. The van der Waals surface area contributed by atoms with Crippen LogP contribution in [0.1, 0.15) is 22.9 Å². The van der Waals surface area contributed by atoms with Gasteiger partial charge < -0.3 is 4.74 Å². The summed E-state index contributed by atoms with van der Waals surface area (Å²) in [7, 11) is 2.11. The van der Waals surface area contributed by atoms with Crippen LogP contribution in [-0.2, 0) is 4.74 Å². The van der Waals surface area contributed by atoms with Crippen LogP contribution in [0.2, 0.25) is 0 Å². The van der Waals surface area contributed by atoms with Gasteiger partial charge >= 0.3 is 0 Å². The molecular formula is C12H17NO. The second kappa shape index (κ2) is 3.71. The summed E-state index contributed by atoms with van der Waals surface area (Å²) in [6.07, 6.45) is 0.163. The van der Waals surface area contributed by atoms with Gasteiger partial charge in [-0.15, -0.1) is 0 Å². The summed E-state index contributed by atoms with van der Waals surface area (Å²) < 4.78 is 5.70. The van der Waals surface area contributed by atoms with Gasteiger partial charge in [-0.2, -0.15) is 0 Å². The standard InChI is InChI=1S/C12H17NO/c1-9-4-5-11(10(2)8-9)12-13(3)6-7-14-12/h4-5,8,12H,6-7H2,1-3H3. The van der Waals surface area contributed by atoms with Crippen molar-refractivity contribution < 1.29 is 4.74 Å². The number of rotatable bonds is 1. The lowest BCUT2D eigenvalue weighted by atomic mass is 10.0. The van der Waals surface area contributed by atoms with Crippen LogP contribution in [0.3, 0.4) is 0 Å². The number of hydrogen-bond acceptors (Lipinski definition) is 2. The van der Waals surface area contributed by atoms with Crippen molar-refractivity contribution in [2.24, 2.45) is 0 Å². The van der Waals surface area contributed by atoms with Gasteiger partial charge in [0.15, 0.2) is 0 Å². The quantitative estimate of drug-likeness (QED) is 0.675. The fraction of sp³-hybridized carbons (Fsp3) is 0.500. The van der Waals surface area contributed by atoms with E-state index in [0.29, 0.717) is 0 Å². The number of benzene rings is 1. The molecule has 2 rings (SSSR count). The van der Waals surface area contributed by atoms with Crippen molar-refractivity contribution in [1.82, 2.24) is 4.90 Å². The van der Waals surface area contributed by atoms with Crippen molar-refractivity contribution in [3.8, 4) is 0 Å². The van der Waals surface area contributed by atoms with E-state index in [0.717, 1.165) is 13.2 Å². The highest BCUT2D eigenvalue weighted by molar-refractivity contribution is 5.32. The summed E-state index contributed by atoms with van der Waals surface area (Å²) >= 11 is 0. The Morgan fingerprint density at radius 3 is 2.71 bits per heavy atom. The first-order chi connectivity index (χ1) is 6.68. The van der Waals surface area contributed by atoms with E-state index in [9.17, 15) is 0 Å². The minimum absolute atomic E-state index is 0.163. The van der Waals surface area contributed by atoms with E-state index < -0.39 is 0 Å². The Morgan fingerprint density at radius 1 is 1.36 bits per heavy atom. The zero-order valence-electron chi connectivity index (χ0n) is 9.08. The highest BCUT2D eigenvalue weighted by Gasteiger charge is 2.24. The van der Waals surface area contributed by atoms with Gasteiger partial charge in [-0.25, -0.2) is 0 Å². The lowest BCUT2D eigenvalue weighted by Gasteiger charge is -2.20. The molecule has 1 atom stereocenters. The highest BCUT2D eigenvalue weighted by atomic mass is 16.5. The molecule has 1 aliphatic heterocycles. The third-order valence-electron chi connectivity index (χ3n) is 2.81.